The smallest absolute Gasteiger partial charge is 0.0794 e. The zero-order valence-electron chi connectivity index (χ0n) is 7.96. The largest absolute Gasteiger partial charge is 0.381 e. The van der Waals surface area contributed by atoms with E-state index in [1.165, 1.54) is 24.2 Å². The van der Waals surface area contributed by atoms with Gasteiger partial charge in [-0.2, -0.15) is 0 Å². The summed E-state index contributed by atoms with van der Waals surface area (Å²) in [7, 11) is 0. The summed E-state index contributed by atoms with van der Waals surface area (Å²) in [6, 6.07) is 6.74. The zero-order chi connectivity index (χ0) is 9.54. The quantitative estimate of drug-likeness (QED) is 0.706. The molecule has 74 valence electrons. The highest BCUT2D eigenvalue weighted by Gasteiger charge is 2.31. The monoisotopic (exact) mass is 208 g/mol. The molecule has 2 nitrogen and oxygen atoms in total. The molecule has 0 spiro atoms. The van der Waals surface area contributed by atoms with E-state index >= 15 is 0 Å². The van der Waals surface area contributed by atoms with Crippen LogP contribution in [0.3, 0.4) is 0 Å². The number of nitrogens with one attached hydrogen (secondary N) is 1. The van der Waals surface area contributed by atoms with Crippen molar-refractivity contribution in [3.8, 4) is 0 Å². The van der Waals surface area contributed by atoms with E-state index < -0.39 is 0 Å². The van der Waals surface area contributed by atoms with Crippen LogP contribution in [0.2, 0.25) is 5.02 Å². The van der Waals surface area contributed by atoms with Crippen molar-refractivity contribution in [3.05, 3.63) is 23.2 Å². The molecule has 0 saturated carbocycles. The first-order valence-electron chi connectivity index (χ1n) is 5.15. The van der Waals surface area contributed by atoms with Gasteiger partial charge in [-0.05, 0) is 25.0 Å². The number of halogens is 1. The van der Waals surface area contributed by atoms with Gasteiger partial charge in [0, 0.05) is 19.1 Å². The first-order valence-corrected chi connectivity index (χ1v) is 5.53. The SMILES string of the molecule is Clc1cccc2c1N1CCCC1CN2. The summed E-state index contributed by atoms with van der Waals surface area (Å²) in [6.07, 6.45) is 2.58. The van der Waals surface area contributed by atoms with Gasteiger partial charge in [0.15, 0.2) is 0 Å². The van der Waals surface area contributed by atoms with E-state index in [1.54, 1.807) is 0 Å². The van der Waals surface area contributed by atoms with Crippen molar-refractivity contribution < 1.29 is 0 Å². The van der Waals surface area contributed by atoms with E-state index in [9.17, 15) is 0 Å². The molecule has 3 heteroatoms. The molecule has 1 atom stereocenters. The topological polar surface area (TPSA) is 15.3 Å². The van der Waals surface area contributed by atoms with Crippen molar-refractivity contribution in [2.45, 2.75) is 18.9 Å². The van der Waals surface area contributed by atoms with E-state index in [4.69, 9.17) is 11.6 Å². The second-order valence-electron chi connectivity index (χ2n) is 4.01. The highest BCUT2D eigenvalue weighted by atomic mass is 35.5. The lowest BCUT2D eigenvalue weighted by atomic mass is 10.1. The first kappa shape index (κ1) is 8.42. The molecular formula is C11H13ClN2. The summed E-state index contributed by atoms with van der Waals surface area (Å²) >= 11 is 6.23. The molecule has 0 aromatic heterocycles. The van der Waals surface area contributed by atoms with Gasteiger partial charge in [0.1, 0.15) is 0 Å². The molecule has 1 unspecified atom stereocenters. The summed E-state index contributed by atoms with van der Waals surface area (Å²) in [5.74, 6) is 0. The van der Waals surface area contributed by atoms with E-state index in [-0.39, 0.29) is 0 Å². The molecule has 1 N–H and O–H groups in total. The molecule has 0 aliphatic carbocycles. The number of hydrogen-bond acceptors (Lipinski definition) is 2. The van der Waals surface area contributed by atoms with Crippen LogP contribution in [0.1, 0.15) is 12.8 Å². The summed E-state index contributed by atoms with van der Waals surface area (Å²) in [4.78, 5) is 2.45. The maximum absolute atomic E-state index is 6.23. The van der Waals surface area contributed by atoms with Gasteiger partial charge in [-0.3, -0.25) is 0 Å². The van der Waals surface area contributed by atoms with Crippen molar-refractivity contribution in [1.82, 2.24) is 0 Å². The molecule has 1 saturated heterocycles. The van der Waals surface area contributed by atoms with E-state index in [2.05, 4.69) is 16.3 Å². The summed E-state index contributed by atoms with van der Waals surface area (Å²) in [5.41, 5.74) is 2.40. The third kappa shape index (κ3) is 1.10. The van der Waals surface area contributed by atoms with Crippen LogP contribution < -0.4 is 10.2 Å². The Balaban J connectivity index is 2.11. The average molecular weight is 209 g/mol. The fourth-order valence-electron chi connectivity index (χ4n) is 2.52. The van der Waals surface area contributed by atoms with Crippen LogP contribution in [0.5, 0.6) is 0 Å². The van der Waals surface area contributed by atoms with Crippen LogP contribution in [0.15, 0.2) is 18.2 Å². The zero-order valence-corrected chi connectivity index (χ0v) is 8.72. The molecule has 2 heterocycles. The van der Waals surface area contributed by atoms with Gasteiger partial charge >= 0.3 is 0 Å². The Morgan fingerprint density at radius 3 is 3.29 bits per heavy atom. The Kier molecular flexibility index (Phi) is 1.84. The minimum absolute atomic E-state index is 0.655. The molecule has 0 amide bonds. The second-order valence-corrected chi connectivity index (χ2v) is 4.41. The Labute approximate surface area is 88.9 Å². The molecular weight excluding hydrogens is 196 g/mol. The molecule has 0 bridgehead atoms. The van der Waals surface area contributed by atoms with Gasteiger partial charge < -0.3 is 10.2 Å². The molecule has 2 aliphatic heterocycles. The fourth-order valence-corrected chi connectivity index (χ4v) is 2.80. The van der Waals surface area contributed by atoms with Gasteiger partial charge in [0.2, 0.25) is 0 Å². The second kappa shape index (κ2) is 3.06. The van der Waals surface area contributed by atoms with Crippen LogP contribution in [0.4, 0.5) is 11.4 Å². The number of rotatable bonds is 0. The maximum Gasteiger partial charge on any atom is 0.0794 e. The van der Waals surface area contributed by atoms with Gasteiger partial charge in [0.25, 0.3) is 0 Å². The van der Waals surface area contributed by atoms with Gasteiger partial charge in [-0.15, -0.1) is 0 Å². The summed E-state index contributed by atoms with van der Waals surface area (Å²) in [5, 5.41) is 4.33. The van der Waals surface area contributed by atoms with E-state index in [1.807, 2.05) is 12.1 Å². The molecule has 1 aromatic rings. The number of benzene rings is 1. The third-order valence-electron chi connectivity index (χ3n) is 3.18. The van der Waals surface area contributed by atoms with Crippen LogP contribution in [-0.4, -0.2) is 19.1 Å². The van der Waals surface area contributed by atoms with Crippen LogP contribution >= 0.6 is 11.6 Å². The Morgan fingerprint density at radius 1 is 1.43 bits per heavy atom. The minimum atomic E-state index is 0.655. The lowest BCUT2D eigenvalue weighted by molar-refractivity contribution is 0.683. The lowest BCUT2D eigenvalue weighted by Gasteiger charge is -2.35. The molecule has 2 aliphatic rings. The van der Waals surface area contributed by atoms with Gasteiger partial charge in [-0.25, -0.2) is 0 Å². The predicted octanol–water partition coefficient (Wildman–Crippen LogP) is 2.73. The molecule has 1 aromatic carbocycles. The van der Waals surface area contributed by atoms with Gasteiger partial charge in [-0.1, -0.05) is 17.7 Å². The first-order chi connectivity index (χ1) is 6.86. The standard InChI is InChI=1S/C11H13ClN2/c12-9-4-1-5-10-11(9)14-6-2-3-8(14)7-13-10/h1,4-5,8,13H,2-3,6-7H2. The summed E-state index contributed by atoms with van der Waals surface area (Å²) in [6.45, 7) is 2.22. The molecule has 3 rings (SSSR count). The molecule has 14 heavy (non-hydrogen) atoms. The van der Waals surface area contributed by atoms with Crippen LogP contribution in [-0.2, 0) is 0 Å². The molecule has 0 radical (unpaired) electrons. The number of para-hydroxylation sites is 1. The van der Waals surface area contributed by atoms with Crippen molar-refractivity contribution in [1.29, 1.82) is 0 Å². The predicted molar refractivity (Wildman–Crippen MR) is 60.3 cm³/mol. The van der Waals surface area contributed by atoms with Gasteiger partial charge in [0.05, 0.1) is 16.4 Å². The van der Waals surface area contributed by atoms with Crippen LogP contribution in [0.25, 0.3) is 0 Å². The Morgan fingerprint density at radius 2 is 2.36 bits per heavy atom. The van der Waals surface area contributed by atoms with E-state index in [0.717, 1.165) is 18.1 Å². The fraction of sp³-hybridized carbons (Fsp3) is 0.455. The highest BCUT2D eigenvalue weighted by Crippen LogP contribution is 2.40. The van der Waals surface area contributed by atoms with Crippen molar-refractivity contribution in [2.24, 2.45) is 0 Å². The van der Waals surface area contributed by atoms with E-state index in [0.29, 0.717) is 6.04 Å². The minimum Gasteiger partial charge on any atom is -0.381 e. The Bertz CT molecular complexity index is 364. The summed E-state index contributed by atoms with van der Waals surface area (Å²) < 4.78 is 0. The third-order valence-corrected chi connectivity index (χ3v) is 3.48. The van der Waals surface area contributed by atoms with Crippen molar-refractivity contribution >= 4 is 23.0 Å². The number of fused-ring (bicyclic) bond motifs is 3. The van der Waals surface area contributed by atoms with Crippen molar-refractivity contribution in [3.63, 3.8) is 0 Å². The lowest BCUT2D eigenvalue weighted by Crippen LogP contribution is -2.39. The number of hydrogen-bond donors (Lipinski definition) is 1. The van der Waals surface area contributed by atoms with Crippen molar-refractivity contribution in [2.75, 3.05) is 23.3 Å². The maximum atomic E-state index is 6.23. The number of nitrogens with zero attached hydrogens (tertiary/aromatic N) is 1. The Hall–Kier alpha value is -0.890. The number of anilines is 2. The normalized spacial score (nSPS) is 24.1. The van der Waals surface area contributed by atoms with Crippen LogP contribution in [0, 0.1) is 0 Å². The average Bonchev–Trinajstić information content (AvgIpc) is 2.65. The highest BCUT2D eigenvalue weighted by molar-refractivity contribution is 6.34. The molecule has 1 fully saturated rings.